The van der Waals surface area contributed by atoms with E-state index in [1.165, 1.54) is 44.9 Å². The lowest BCUT2D eigenvalue weighted by atomic mass is 9.93. The van der Waals surface area contributed by atoms with Gasteiger partial charge in [0.2, 0.25) is 11.2 Å². The van der Waals surface area contributed by atoms with Crippen LogP contribution in [0.3, 0.4) is 0 Å². The van der Waals surface area contributed by atoms with Gasteiger partial charge in [-0.05, 0) is 42.7 Å². The van der Waals surface area contributed by atoms with Gasteiger partial charge in [0.1, 0.15) is 18.1 Å². The van der Waals surface area contributed by atoms with Crippen LogP contribution in [0.5, 0.6) is 17.2 Å². The lowest BCUT2D eigenvalue weighted by Crippen LogP contribution is -2.41. The molecule has 2 heterocycles. The molecule has 0 saturated heterocycles. The first-order valence-corrected chi connectivity index (χ1v) is 11.6. The Morgan fingerprint density at radius 3 is 2.43 bits per heavy atom. The van der Waals surface area contributed by atoms with Crippen molar-refractivity contribution >= 4 is 11.0 Å². The van der Waals surface area contributed by atoms with Crippen LogP contribution < -0.4 is 19.6 Å². The monoisotopic (exact) mass is 489 g/mol. The molecule has 3 aromatic rings. The number of halogens is 3. The summed E-state index contributed by atoms with van der Waals surface area (Å²) in [5.74, 6) is -0.353. The van der Waals surface area contributed by atoms with Gasteiger partial charge in [0.15, 0.2) is 11.5 Å². The summed E-state index contributed by atoms with van der Waals surface area (Å²) in [7, 11) is 2.80. The van der Waals surface area contributed by atoms with E-state index < -0.39 is 22.9 Å². The zero-order valence-electron chi connectivity index (χ0n) is 19.5. The van der Waals surface area contributed by atoms with Crippen molar-refractivity contribution in [3.63, 3.8) is 0 Å². The third-order valence-corrected chi connectivity index (χ3v) is 6.89. The summed E-state index contributed by atoms with van der Waals surface area (Å²) in [6.45, 7) is 0.733. The number of hydrogen-bond acceptors (Lipinski definition) is 6. The van der Waals surface area contributed by atoms with Crippen molar-refractivity contribution in [2.45, 2.75) is 50.9 Å². The van der Waals surface area contributed by atoms with Crippen LogP contribution in [0.15, 0.2) is 39.5 Å². The average Bonchev–Trinajstić information content (AvgIpc) is 2.87. The molecule has 2 aromatic carbocycles. The molecule has 1 saturated carbocycles. The summed E-state index contributed by atoms with van der Waals surface area (Å²) >= 11 is 0. The van der Waals surface area contributed by atoms with Gasteiger partial charge in [0.25, 0.3) is 0 Å². The predicted molar refractivity (Wildman–Crippen MR) is 124 cm³/mol. The molecule has 0 bridgehead atoms. The molecule has 1 fully saturated rings. The van der Waals surface area contributed by atoms with Crippen LogP contribution in [-0.4, -0.2) is 31.9 Å². The summed E-state index contributed by atoms with van der Waals surface area (Å²) < 4.78 is 64.6. The lowest BCUT2D eigenvalue weighted by molar-refractivity contribution is -0.152. The van der Waals surface area contributed by atoms with Gasteiger partial charge in [-0.15, -0.1) is 0 Å². The number of fused-ring (bicyclic) bond motifs is 3. The molecule has 0 N–H and O–H groups in total. The van der Waals surface area contributed by atoms with E-state index >= 15 is 0 Å². The van der Waals surface area contributed by atoms with Gasteiger partial charge in [-0.3, -0.25) is 9.69 Å². The van der Waals surface area contributed by atoms with E-state index in [9.17, 15) is 18.0 Å². The van der Waals surface area contributed by atoms with Gasteiger partial charge in [-0.25, -0.2) is 0 Å². The Morgan fingerprint density at radius 1 is 1.00 bits per heavy atom. The fourth-order valence-electron chi connectivity index (χ4n) is 5.12. The van der Waals surface area contributed by atoms with Gasteiger partial charge in [-0.2, -0.15) is 13.2 Å². The molecule has 2 aliphatic rings. The quantitative estimate of drug-likeness (QED) is 0.449. The maximum Gasteiger partial charge on any atom is 0.450 e. The molecule has 186 valence electrons. The Hall–Kier alpha value is -3.20. The Morgan fingerprint density at radius 2 is 1.74 bits per heavy atom. The third kappa shape index (κ3) is 4.22. The normalized spacial score (nSPS) is 17.2. The minimum absolute atomic E-state index is 0.0310. The Balaban J connectivity index is 1.69. The number of methoxy groups -OCH3 is 2. The van der Waals surface area contributed by atoms with Gasteiger partial charge in [0, 0.05) is 12.6 Å². The summed E-state index contributed by atoms with van der Waals surface area (Å²) in [5, 5.41) is 0.0793. The minimum atomic E-state index is -4.89. The largest absolute Gasteiger partial charge is 0.493 e. The standard InChI is InChI=1S/C26H26F3NO5/c1-32-20-10-8-15(12-21(20)33-2)22-23(31)17-9-11-19-18(24(17)35-25(22)26(27,28)29)13-30(14-34-19)16-6-4-3-5-7-16/h8-12,16H,3-7,13-14H2,1-2H3. The highest BCUT2D eigenvalue weighted by atomic mass is 19.4. The number of alkyl halides is 3. The second kappa shape index (κ2) is 9.11. The van der Waals surface area contributed by atoms with Crippen molar-refractivity contribution < 1.29 is 31.8 Å². The van der Waals surface area contributed by atoms with Crippen LogP contribution >= 0.6 is 0 Å². The predicted octanol–water partition coefficient (Wildman–Crippen LogP) is 5.98. The molecule has 9 heteroatoms. The second-order valence-corrected chi connectivity index (χ2v) is 8.93. The highest BCUT2D eigenvalue weighted by Gasteiger charge is 2.40. The molecule has 1 aromatic heterocycles. The lowest BCUT2D eigenvalue weighted by Gasteiger charge is -2.37. The smallest absolute Gasteiger partial charge is 0.450 e. The Bertz CT molecular complexity index is 1310. The van der Waals surface area contributed by atoms with Crippen molar-refractivity contribution in [1.82, 2.24) is 4.90 Å². The van der Waals surface area contributed by atoms with E-state index in [1.807, 2.05) is 0 Å². The molecular formula is C26H26F3NO5. The van der Waals surface area contributed by atoms with Crippen LogP contribution in [0.4, 0.5) is 13.2 Å². The third-order valence-electron chi connectivity index (χ3n) is 6.89. The SMILES string of the molecule is COc1ccc(-c2c(C(F)(F)F)oc3c4c(ccc3c2=O)OCN(C2CCCCC2)C4)cc1OC. The molecule has 0 atom stereocenters. The van der Waals surface area contributed by atoms with Crippen molar-refractivity contribution in [1.29, 1.82) is 0 Å². The maximum atomic E-state index is 14.2. The van der Waals surface area contributed by atoms with Gasteiger partial charge in [-0.1, -0.05) is 25.3 Å². The van der Waals surface area contributed by atoms with E-state index in [4.69, 9.17) is 18.6 Å². The van der Waals surface area contributed by atoms with E-state index in [2.05, 4.69) is 4.90 Å². The topological polar surface area (TPSA) is 61.1 Å². The molecule has 5 rings (SSSR count). The highest BCUT2D eigenvalue weighted by Crippen LogP contribution is 2.42. The number of nitrogens with zero attached hydrogens (tertiary/aromatic N) is 1. The molecule has 35 heavy (non-hydrogen) atoms. The number of ether oxygens (including phenoxy) is 3. The van der Waals surface area contributed by atoms with E-state index in [-0.39, 0.29) is 22.3 Å². The van der Waals surface area contributed by atoms with Crippen molar-refractivity contribution in [2.75, 3.05) is 21.0 Å². The molecular weight excluding hydrogens is 463 g/mol. The molecule has 1 aliphatic heterocycles. The van der Waals surface area contributed by atoms with Crippen LogP contribution in [0, 0.1) is 0 Å². The number of rotatable bonds is 4. The number of hydrogen-bond donors (Lipinski definition) is 0. The molecule has 1 aliphatic carbocycles. The first kappa shape index (κ1) is 23.5. The zero-order chi connectivity index (χ0) is 24.7. The first-order chi connectivity index (χ1) is 16.8. The molecule has 0 amide bonds. The van der Waals surface area contributed by atoms with Crippen molar-refractivity contribution in [3.8, 4) is 28.4 Å². The van der Waals surface area contributed by atoms with Crippen LogP contribution in [-0.2, 0) is 12.7 Å². The van der Waals surface area contributed by atoms with Crippen LogP contribution in [0.25, 0.3) is 22.1 Å². The Labute approximate surface area is 200 Å². The summed E-state index contributed by atoms with van der Waals surface area (Å²) in [6, 6.07) is 7.60. The van der Waals surface area contributed by atoms with Crippen molar-refractivity contribution in [2.24, 2.45) is 0 Å². The van der Waals surface area contributed by atoms with E-state index in [0.29, 0.717) is 36.4 Å². The Kier molecular flexibility index (Phi) is 6.13. The van der Waals surface area contributed by atoms with E-state index in [1.54, 1.807) is 6.07 Å². The summed E-state index contributed by atoms with van der Waals surface area (Å²) in [5.41, 5.74) is -0.899. The van der Waals surface area contributed by atoms with Gasteiger partial charge < -0.3 is 18.6 Å². The molecule has 0 unspecified atom stereocenters. The zero-order valence-corrected chi connectivity index (χ0v) is 19.5. The second-order valence-electron chi connectivity index (χ2n) is 8.93. The van der Waals surface area contributed by atoms with Crippen molar-refractivity contribution in [3.05, 3.63) is 51.9 Å². The first-order valence-electron chi connectivity index (χ1n) is 11.6. The number of benzene rings is 2. The van der Waals surface area contributed by atoms with Gasteiger partial charge in [0.05, 0.1) is 30.7 Å². The van der Waals surface area contributed by atoms with Crippen LogP contribution in [0.1, 0.15) is 43.4 Å². The fraction of sp³-hybridized carbons (Fsp3) is 0.423. The maximum absolute atomic E-state index is 14.2. The highest BCUT2D eigenvalue weighted by molar-refractivity contribution is 5.87. The molecule has 0 radical (unpaired) electrons. The average molecular weight is 489 g/mol. The van der Waals surface area contributed by atoms with Gasteiger partial charge >= 0.3 is 6.18 Å². The fourth-order valence-corrected chi connectivity index (χ4v) is 5.12. The minimum Gasteiger partial charge on any atom is -0.493 e. The van der Waals surface area contributed by atoms with Crippen LogP contribution in [0.2, 0.25) is 0 Å². The van der Waals surface area contributed by atoms with E-state index in [0.717, 1.165) is 25.7 Å². The molecule has 6 nitrogen and oxygen atoms in total. The molecule has 0 spiro atoms. The summed E-state index contributed by atoms with van der Waals surface area (Å²) in [4.78, 5) is 15.7. The summed E-state index contributed by atoms with van der Waals surface area (Å²) in [6.07, 6.45) is 0.566.